The van der Waals surface area contributed by atoms with Crippen LogP contribution in [0.25, 0.3) is 0 Å². The van der Waals surface area contributed by atoms with Gasteiger partial charge in [-0.05, 0) is 5.92 Å². The molecule has 0 aliphatic carbocycles. The summed E-state index contributed by atoms with van der Waals surface area (Å²) in [4.78, 5) is 20.1. The van der Waals surface area contributed by atoms with Crippen molar-refractivity contribution in [2.24, 2.45) is 5.92 Å². The topological polar surface area (TPSA) is 88.7 Å². The zero-order valence-electron chi connectivity index (χ0n) is 7.01. The van der Waals surface area contributed by atoms with Crippen LogP contribution < -0.4 is 34.7 Å². The number of Topliss-reactive ketones (excluding diaryl/α,β-unsaturated/α-hetero) is 1. The van der Waals surface area contributed by atoms with Gasteiger partial charge in [0.15, 0.2) is 5.78 Å². The van der Waals surface area contributed by atoms with Gasteiger partial charge in [-0.3, -0.25) is 4.79 Å². The fraction of sp³-hybridized carbons (Fsp3) is 0.667. The number of carbonyl (C=O) groups is 2. The van der Waals surface area contributed by atoms with E-state index in [0.29, 0.717) is 0 Å². The summed E-state index contributed by atoms with van der Waals surface area (Å²) in [5.74, 6) is -2.30. The Labute approximate surface area is 87.6 Å². The van der Waals surface area contributed by atoms with E-state index < -0.39 is 11.8 Å². The predicted octanol–water partition coefficient (Wildman–Crippen LogP) is -4.47. The zero-order valence-corrected chi connectivity index (χ0v) is 9.01. The Hall–Kier alpha value is 0.1000. The van der Waals surface area contributed by atoms with Crippen LogP contribution in [0.5, 0.6) is 0 Å². The van der Waals surface area contributed by atoms with Gasteiger partial charge in [0.1, 0.15) is 5.97 Å². The minimum Gasteiger partial charge on any atom is -0.542 e. The van der Waals surface area contributed by atoms with Crippen LogP contribution in [0.3, 0.4) is 0 Å². The minimum atomic E-state index is -1.58. The molecule has 0 heterocycles. The number of hydrogen-bond donors (Lipinski definition) is 0. The van der Waals surface area contributed by atoms with Crippen molar-refractivity contribution in [2.75, 3.05) is 0 Å². The van der Waals surface area contributed by atoms with Gasteiger partial charge in [-0.25, -0.2) is 0 Å². The van der Waals surface area contributed by atoms with Gasteiger partial charge in [-0.2, -0.15) is 0 Å². The molecule has 0 aromatic carbocycles. The van der Waals surface area contributed by atoms with E-state index in [1.807, 2.05) is 0 Å². The maximum atomic E-state index is 10.3. The summed E-state index contributed by atoms with van der Waals surface area (Å²) in [6.07, 6.45) is 0.0718. The predicted molar refractivity (Wildman–Crippen MR) is 33.1 cm³/mol. The number of carboxylic acid groups (broad SMARTS) is 1. The van der Waals surface area contributed by atoms with Gasteiger partial charge in [0.25, 0.3) is 0 Å². The third-order valence-electron chi connectivity index (χ3n) is 0.821. The second kappa shape index (κ2) is 8.20. The Balaban J connectivity index is -0.000000320. The van der Waals surface area contributed by atoms with Gasteiger partial charge < -0.3 is 15.4 Å². The molecule has 2 N–H and O–H groups in total. The van der Waals surface area contributed by atoms with E-state index in [9.17, 15) is 14.7 Å². The Morgan fingerprint density at radius 2 is 1.73 bits per heavy atom. The first-order valence-corrected chi connectivity index (χ1v) is 2.78. The molecule has 4 nitrogen and oxygen atoms in total. The molecule has 0 fully saturated rings. The Bertz CT molecular complexity index is 133. The van der Waals surface area contributed by atoms with Gasteiger partial charge in [-0.1, -0.05) is 13.8 Å². The quantitative estimate of drug-likeness (QED) is 0.316. The van der Waals surface area contributed by atoms with Gasteiger partial charge in [0.05, 0.1) is 0 Å². The molecule has 0 aliphatic heterocycles. The fourth-order valence-corrected chi connectivity index (χ4v) is 0.454. The average molecular weight is 170 g/mol. The summed E-state index contributed by atoms with van der Waals surface area (Å²) < 4.78 is 0. The Kier molecular flexibility index (Phi) is 12.9. The molecular formula is C6H11NaO4. The minimum absolute atomic E-state index is 0. The second-order valence-corrected chi connectivity index (χ2v) is 2.31. The number of aliphatic carboxylic acids is 1. The van der Waals surface area contributed by atoms with Crippen LogP contribution >= 0.6 is 0 Å². The van der Waals surface area contributed by atoms with Crippen LogP contribution in [0.1, 0.15) is 20.3 Å². The van der Waals surface area contributed by atoms with Crippen LogP contribution in [0, 0.1) is 5.92 Å². The van der Waals surface area contributed by atoms with E-state index >= 15 is 0 Å². The van der Waals surface area contributed by atoms with Crippen molar-refractivity contribution >= 4 is 11.8 Å². The summed E-state index contributed by atoms with van der Waals surface area (Å²) in [6, 6.07) is 0. The number of ketones is 1. The zero-order chi connectivity index (χ0) is 7.44. The Morgan fingerprint density at radius 1 is 1.36 bits per heavy atom. The molecule has 0 rings (SSSR count). The first-order valence-electron chi connectivity index (χ1n) is 2.78. The van der Waals surface area contributed by atoms with Crippen LogP contribution in [-0.2, 0) is 9.59 Å². The van der Waals surface area contributed by atoms with Crippen LogP contribution in [0.2, 0.25) is 0 Å². The third kappa shape index (κ3) is 10.1. The molecule has 0 radical (unpaired) electrons. The molecule has 0 bridgehead atoms. The molecule has 60 valence electrons. The van der Waals surface area contributed by atoms with Crippen molar-refractivity contribution in [3.05, 3.63) is 0 Å². The van der Waals surface area contributed by atoms with Gasteiger partial charge in [0.2, 0.25) is 0 Å². The van der Waals surface area contributed by atoms with Crippen molar-refractivity contribution in [2.45, 2.75) is 20.3 Å². The smallest absolute Gasteiger partial charge is 0.542 e. The van der Waals surface area contributed by atoms with Crippen molar-refractivity contribution in [3.63, 3.8) is 0 Å². The number of carbonyl (C=O) groups excluding carboxylic acids is 2. The maximum absolute atomic E-state index is 10.3. The van der Waals surface area contributed by atoms with Crippen LogP contribution in [0.15, 0.2) is 0 Å². The molecule has 0 aliphatic rings. The van der Waals surface area contributed by atoms with Gasteiger partial charge >= 0.3 is 29.6 Å². The number of carboxylic acids is 1. The van der Waals surface area contributed by atoms with E-state index in [2.05, 4.69) is 0 Å². The van der Waals surface area contributed by atoms with Crippen molar-refractivity contribution in [1.82, 2.24) is 0 Å². The molecule has 11 heavy (non-hydrogen) atoms. The van der Waals surface area contributed by atoms with Crippen molar-refractivity contribution in [3.8, 4) is 0 Å². The van der Waals surface area contributed by atoms with Crippen molar-refractivity contribution in [1.29, 1.82) is 0 Å². The second-order valence-electron chi connectivity index (χ2n) is 2.31. The summed E-state index contributed by atoms with van der Waals surface area (Å²) in [5.41, 5.74) is 0. The number of rotatable bonds is 3. The molecule has 0 saturated heterocycles. The maximum Gasteiger partial charge on any atom is 1.00 e. The first-order chi connectivity index (χ1) is 4.04. The fourth-order valence-electron chi connectivity index (χ4n) is 0.454. The van der Waals surface area contributed by atoms with E-state index in [1.165, 1.54) is 0 Å². The van der Waals surface area contributed by atoms with E-state index in [-0.39, 0.29) is 47.4 Å². The Morgan fingerprint density at radius 3 is 1.82 bits per heavy atom. The van der Waals surface area contributed by atoms with Gasteiger partial charge in [-0.15, -0.1) is 0 Å². The summed E-state index contributed by atoms with van der Waals surface area (Å²) in [5, 5.41) is 9.77. The average Bonchev–Trinajstić information content (AvgIpc) is 1.63. The summed E-state index contributed by atoms with van der Waals surface area (Å²) in [6.45, 7) is 3.56. The normalized spacial score (nSPS) is 7.91. The van der Waals surface area contributed by atoms with Gasteiger partial charge in [0, 0.05) is 6.42 Å². The molecule has 0 atom stereocenters. The monoisotopic (exact) mass is 170 g/mol. The molecule has 0 amide bonds. The van der Waals surface area contributed by atoms with E-state index in [0.717, 1.165) is 0 Å². The standard InChI is InChI=1S/C6H10O3.Na.H2O/c1-4(2)3-5(7)6(8)9;;/h4H,3H2,1-2H3,(H,8,9);;1H2/q;+1;/p-1. The molecule has 0 saturated carbocycles. The summed E-state index contributed by atoms with van der Waals surface area (Å²) in [7, 11) is 0. The van der Waals surface area contributed by atoms with Crippen molar-refractivity contribution < 1.29 is 49.7 Å². The molecule has 0 aromatic rings. The number of hydrogen-bond acceptors (Lipinski definition) is 3. The molecule has 0 aromatic heterocycles. The molecule has 0 unspecified atom stereocenters. The molecule has 5 heteroatoms. The molecular weight excluding hydrogens is 159 g/mol. The van der Waals surface area contributed by atoms with Crippen LogP contribution in [-0.4, -0.2) is 17.2 Å². The SMILES string of the molecule is CC(C)CC(=O)C(=O)[O-].O.[Na+]. The largest absolute Gasteiger partial charge is 1.00 e. The summed E-state index contributed by atoms with van der Waals surface area (Å²) >= 11 is 0. The van der Waals surface area contributed by atoms with Crippen LogP contribution in [0.4, 0.5) is 0 Å². The van der Waals surface area contributed by atoms with E-state index in [4.69, 9.17) is 0 Å². The molecule has 0 spiro atoms. The first kappa shape index (κ1) is 17.3. The van der Waals surface area contributed by atoms with E-state index in [1.54, 1.807) is 13.8 Å². The third-order valence-corrected chi connectivity index (χ3v) is 0.821.